The summed E-state index contributed by atoms with van der Waals surface area (Å²) < 4.78 is 0. The second kappa shape index (κ2) is 6.80. The summed E-state index contributed by atoms with van der Waals surface area (Å²) in [5.41, 5.74) is 6.81. The van der Waals surface area contributed by atoms with Crippen LogP contribution in [-0.2, 0) is 0 Å². The van der Waals surface area contributed by atoms with Gasteiger partial charge in [-0.2, -0.15) is 0 Å². The van der Waals surface area contributed by atoms with Crippen molar-refractivity contribution in [2.45, 2.75) is 13.0 Å². The SMILES string of the molecule is CC(N)c1ccccc1.c1ccccc1. The van der Waals surface area contributed by atoms with Crippen molar-refractivity contribution in [1.29, 1.82) is 0 Å². The average molecular weight is 199 g/mol. The van der Waals surface area contributed by atoms with Crippen LogP contribution in [0.15, 0.2) is 66.7 Å². The highest BCUT2D eigenvalue weighted by molar-refractivity contribution is 5.17. The Bertz CT molecular complexity index is 314. The molecule has 78 valence electrons. The molecule has 0 saturated heterocycles. The molecule has 0 fully saturated rings. The molecule has 0 bridgehead atoms. The second-order valence-corrected chi connectivity index (χ2v) is 3.35. The molecule has 0 radical (unpaired) electrons. The summed E-state index contributed by atoms with van der Waals surface area (Å²) in [4.78, 5) is 0. The fourth-order valence-electron chi connectivity index (χ4n) is 1.14. The van der Waals surface area contributed by atoms with Crippen LogP contribution in [0.1, 0.15) is 18.5 Å². The Morgan fingerprint density at radius 2 is 1.07 bits per heavy atom. The minimum atomic E-state index is 0.159. The summed E-state index contributed by atoms with van der Waals surface area (Å²) >= 11 is 0. The van der Waals surface area contributed by atoms with Gasteiger partial charge in [0.1, 0.15) is 0 Å². The third-order valence-corrected chi connectivity index (χ3v) is 1.99. The van der Waals surface area contributed by atoms with Crippen molar-refractivity contribution in [3.8, 4) is 0 Å². The van der Waals surface area contributed by atoms with E-state index in [4.69, 9.17) is 5.73 Å². The van der Waals surface area contributed by atoms with Crippen LogP contribution in [0.25, 0.3) is 0 Å². The molecule has 2 N–H and O–H groups in total. The first-order valence-electron chi connectivity index (χ1n) is 5.11. The smallest absolute Gasteiger partial charge is 0.0266 e. The quantitative estimate of drug-likeness (QED) is 0.748. The molecule has 0 heterocycles. The normalized spacial score (nSPS) is 11.1. The van der Waals surface area contributed by atoms with Crippen LogP contribution in [0.3, 0.4) is 0 Å². The number of hydrogen-bond donors (Lipinski definition) is 1. The van der Waals surface area contributed by atoms with E-state index in [9.17, 15) is 0 Å². The maximum absolute atomic E-state index is 5.61. The van der Waals surface area contributed by atoms with Gasteiger partial charge in [0.15, 0.2) is 0 Å². The van der Waals surface area contributed by atoms with Gasteiger partial charge in [-0.25, -0.2) is 0 Å². The number of rotatable bonds is 1. The molecule has 1 atom stereocenters. The van der Waals surface area contributed by atoms with E-state index in [-0.39, 0.29) is 6.04 Å². The fraction of sp³-hybridized carbons (Fsp3) is 0.143. The Labute approximate surface area is 91.6 Å². The van der Waals surface area contributed by atoms with Crippen molar-refractivity contribution in [3.05, 3.63) is 72.3 Å². The molecule has 0 aliphatic rings. The molecule has 0 aromatic heterocycles. The topological polar surface area (TPSA) is 26.0 Å². The predicted molar refractivity (Wildman–Crippen MR) is 65.5 cm³/mol. The van der Waals surface area contributed by atoms with Crippen molar-refractivity contribution >= 4 is 0 Å². The van der Waals surface area contributed by atoms with Gasteiger partial charge in [-0.1, -0.05) is 66.7 Å². The summed E-state index contributed by atoms with van der Waals surface area (Å²) in [6.45, 7) is 1.98. The highest BCUT2D eigenvalue weighted by Gasteiger charge is 1.93. The van der Waals surface area contributed by atoms with E-state index in [0.29, 0.717) is 0 Å². The predicted octanol–water partition coefficient (Wildman–Crippen LogP) is 3.39. The molecule has 1 unspecified atom stereocenters. The minimum Gasteiger partial charge on any atom is -0.324 e. The number of hydrogen-bond acceptors (Lipinski definition) is 1. The van der Waals surface area contributed by atoms with E-state index < -0.39 is 0 Å². The fourth-order valence-corrected chi connectivity index (χ4v) is 1.14. The van der Waals surface area contributed by atoms with E-state index in [1.807, 2.05) is 73.7 Å². The van der Waals surface area contributed by atoms with Crippen LogP contribution in [0.4, 0.5) is 0 Å². The molecule has 0 amide bonds. The highest BCUT2D eigenvalue weighted by Crippen LogP contribution is 2.06. The van der Waals surface area contributed by atoms with E-state index in [0.717, 1.165) is 0 Å². The summed E-state index contributed by atoms with van der Waals surface area (Å²) in [6, 6.07) is 22.2. The lowest BCUT2D eigenvalue weighted by Crippen LogP contribution is -2.03. The maximum Gasteiger partial charge on any atom is 0.0266 e. The Balaban J connectivity index is 0.000000162. The van der Waals surface area contributed by atoms with Crippen molar-refractivity contribution in [2.24, 2.45) is 5.73 Å². The van der Waals surface area contributed by atoms with Gasteiger partial charge in [-0.3, -0.25) is 0 Å². The lowest BCUT2D eigenvalue weighted by atomic mass is 10.1. The second-order valence-electron chi connectivity index (χ2n) is 3.35. The largest absolute Gasteiger partial charge is 0.324 e. The third kappa shape index (κ3) is 4.99. The average Bonchev–Trinajstić information content (AvgIpc) is 2.33. The molecular weight excluding hydrogens is 182 g/mol. The van der Waals surface area contributed by atoms with Crippen LogP contribution >= 0.6 is 0 Å². The van der Waals surface area contributed by atoms with Gasteiger partial charge < -0.3 is 5.73 Å². The lowest BCUT2D eigenvalue weighted by molar-refractivity contribution is 0.818. The Morgan fingerprint density at radius 1 is 0.733 bits per heavy atom. The molecule has 0 spiro atoms. The van der Waals surface area contributed by atoms with Crippen molar-refractivity contribution in [1.82, 2.24) is 0 Å². The standard InChI is InChI=1S/C8H11N.C6H6/c1-7(9)8-5-3-2-4-6-8;1-2-4-6-5-3-1/h2-7H,9H2,1H3;1-6H. The molecule has 15 heavy (non-hydrogen) atoms. The van der Waals surface area contributed by atoms with E-state index in [1.54, 1.807) is 0 Å². The zero-order chi connectivity index (χ0) is 10.9. The van der Waals surface area contributed by atoms with Gasteiger partial charge in [0, 0.05) is 6.04 Å². The first-order chi connectivity index (χ1) is 7.30. The van der Waals surface area contributed by atoms with Gasteiger partial charge >= 0.3 is 0 Å². The summed E-state index contributed by atoms with van der Waals surface area (Å²) in [5, 5.41) is 0. The van der Waals surface area contributed by atoms with Crippen LogP contribution < -0.4 is 5.73 Å². The third-order valence-electron chi connectivity index (χ3n) is 1.99. The Kier molecular flexibility index (Phi) is 5.20. The van der Waals surface area contributed by atoms with Crippen LogP contribution in [0, 0.1) is 0 Å². The maximum atomic E-state index is 5.61. The summed E-state index contributed by atoms with van der Waals surface area (Å²) in [6.07, 6.45) is 0. The monoisotopic (exact) mass is 199 g/mol. The molecule has 2 aromatic rings. The van der Waals surface area contributed by atoms with Gasteiger partial charge in [0.2, 0.25) is 0 Å². The lowest BCUT2D eigenvalue weighted by Gasteiger charge is -2.02. The van der Waals surface area contributed by atoms with E-state index in [2.05, 4.69) is 0 Å². The van der Waals surface area contributed by atoms with Crippen molar-refractivity contribution in [3.63, 3.8) is 0 Å². The molecule has 1 nitrogen and oxygen atoms in total. The van der Waals surface area contributed by atoms with Crippen LogP contribution in [0.2, 0.25) is 0 Å². The molecule has 0 aliphatic carbocycles. The first kappa shape index (κ1) is 11.5. The van der Waals surface area contributed by atoms with Gasteiger partial charge in [-0.05, 0) is 12.5 Å². The van der Waals surface area contributed by atoms with Gasteiger partial charge in [-0.15, -0.1) is 0 Å². The summed E-state index contributed by atoms with van der Waals surface area (Å²) in [5.74, 6) is 0. The van der Waals surface area contributed by atoms with Gasteiger partial charge in [0.05, 0.1) is 0 Å². The minimum absolute atomic E-state index is 0.159. The zero-order valence-electron chi connectivity index (χ0n) is 9.01. The number of benzene rings is 2. The Hall–Kier alpha value is -1.60. The van der Waals surface area contributed by atoms with E-state index in [1.165, 1.54) is 5.56 Å². The number of nitrogens with two attached hydrogens (primary N) is 1. The molecule has 1 heteroatoms. The molecule has 0 aliphatic heterocycles. The Morgan fingerprint density at radius 3 is 1.33 bits per heavy atom. The van der Waals surface area contributed by atoms with Crippen molar-refractivity contribution in [2.75, 3.05) is 0 Å². The highest BCUT2D eigenvalue weighted by atomic mass is 14.6. The molecule has 0 saturated carbocycles. The molecule has 2 rings (SSSR count). The molecule has 2 aromatic carbocycles. The van der Waals surface area contributed by atoms with Crippen molar-refractivity contribution < 1.29 is 0 Å². The first-order valence-corrected chi connectivity index (χ1v) is 5.11. The zero-order valence-corrected chi connectivity index (χ0v) is 9.01. The van der Waals surface area contributed by atoms with Gasteiger partial charge in [0.25, 0.3) is 0 Å². The van der Waals surface area contributed by atoms with E-state index >= 15 is 0 Å². The van der Waals surface area contributed by atoms with Crippen LogP contribution in [0.5, 0.6) is 0 Å². The summed E-state index contributed by atoms with van der Waals surface area (Å²) in [7, 11) is 0. The van der Waals surface area contributed by atoms with Crippen LogP contribution in [-0.4, -0.2) is 0 Å². The molecular formula is C14H17N.